The van der Waals surface area contributed by atoms with Gasteiger partial charge in [0.15, 0.2) is 4.34 Å². The average Bonchev–Trinajstić information content (AvgIpc) is 3.18. The van der Waals surface area contributed by atoms with Crippen LogP contribution in [0.2, 0.25) is 0 Å². The molecule has 1 aromatic carbocycles. The molecule has 3 rings (SSSR count). The molecular weight excluding hydrogens is 436 g/mol. The van der Waals surface area contributed by atoms with Crippen molar-refractivity contribution in [2.45, 2.75) is 9.24 Å². The standard InChI is InChI=1S/C17H20N4O5S3/c1-3-10-27-17-19-18-16(28-17)20-29(23,24)12-4-5-14(25-2)13(11-12)15(22)21-6-8-26-9-7-21/h3-5,11H,1,6-10H2,2H3,(H,18,20). The number of carbonyl (C=O) groups is 1. The topological polar surface area (TPSA) is 111 Å². The first-order valence-electron chi connectivity index (χ1n) is 8.59. The van der Waals surface area contributed by atoms with E-state index in [1.807, 2.05) is 0 Å². The number of nitrogens with zero attached hydrogens (tertiary/aromatic N) is 3. The third kappa shape index (κ3) is 5.26. The number of benzene rings is 1. The van der Waals surface area contributed by atoms with E-state index >= 15 is 0 Å². The Labute approximate surface area is 177 Å². The van der Waals surface area contributed by atoms with Gasteiger partial charge in [0.25, 0.3) is 15.9 Å². The van der Waals surface area contributed by atoms with E-state index in [0.29, 0.717) is 42.1 Å². The van der Waals surface area contributed by atoms with E-state index < -0.39 is 10.0 Å². The Bertz CT molecular complexity index is 987. The van der Waals surface area contributed by atoms with E-state index in [0.717, 1.165) is 11.3 Å². The fraction of sp³-hybridized carbons (Fsp3) is 0.353. The second kappa shape index (κ2) is 9.57. The van der Waals surface area contributed by atoms with Gasteiger partial charge in [-0.05, 0) is 18.2 Å². The van der Waals surface area contributed by atoms with Crippen molar-refractivity contribution >= 4 is 44.2 Å². The van der Waals surface area contributed by atoms with Crippen LogP contribution in [0.15, 0.2) is 40.1 Å². The SMILES string of the molecule is C=CCSc1nnc(NS(=O)(=O)c2ccc(OC)c(C(=O)N3CCOCC3)c2)s1. The molecule has 0 aliphatic carbocycles. The van der Waals surface area contributed by atoms with Crippen LogP contribution in [0.4, 0.5) is 5.13 Å². The number of morpholine rings is 1. The summed E-state index contributed by atoms with van der Waals surface area (Å²) in [5.74, 6) is 0.646. The average molecular weight is 457 g/mol. The first-order chi connectivity index (χ1) is 13.9. The lowest BCUT2D eigenvalue weighted by molar-refractivity contribution is 0.0300. The van der Waals surface area contributed by atoms with Gasteiger partial charge in [-0.15, -0.1) is 16.8 Å². The summed E-state index contributed by atoms with van der Waals surface area (Å²) in [6.45, 7) is 5.39. The highest BCUT2D eigenvalue weighted by molar-refractivity contribution is 8.01. The number of ether oxygens (including phenoxy) is 2. The van der Waals surface area contributed by atoms with Gasteiger partial charge in [-0.1, -0.05) is 29.2 Å². The van der Waals surface area contributed by atoms with Crippen molar-refractivity contribution in [3.63, 3.8) is 0 Å². The number of rotatable bonds is 8. The Hall–Kier alpha value is -2.15. The number of methoxy groups -OCH3 is 1. The van der Waals surface area contributed by atoms with Crippen LogP contribution < -0.4 is 9.46 Å². The Morgan fingerprint density at radius 1 is 1.41 bits per heavy atom. The fourth-order valence-electron chi connectivity index (χ4n) is 2.57. The van der Waals surface area contributed by atoms with Gasteiger partial charge in [0.05, 0.1) is 30.8 Å². The minimum Gasteiger partial charge on any atom is -0.496 e. The smallest absolute Gasteiger partial charge is 0.263 e. The van der Waals surface area contributed by atoms with Crippen molar-refractivity contribution in [3.8, 4) is 5.75 Å². The van der Waals surface area contributed by atoms with E-state index in [-0.39, 0.29) is 21.5 Å². The van der Waals surface area contributed by atoms with Gasteiger partial charge in [0.1, 0.15) is 5.75 Å². The summed E-state index contributed by atoms with van der Waals surface area (Å²) in [7, 11) is -2.52. The summed E-state index contributed by atoms with van der Waals surface area (Å²) >= 11 is 2.53. The van der Waals surface area contributed by atoms with Crippen LogP contribution in [0.3, 0.4) is 0 Å². The molecule has 1 saturated heterocycles. The van der Waals surface area contributed by atoms with Crippen molar-refractivity contribution < 1.29 is 22.7 Å². The molecule has 1 aromatic heterocycles. The number of carbonyl (C=O) groups excluding carboxylic acids is 1. The molecule has 2 aromatic rings. The van der Waals surface area contributed by atoms with Crippen molar-refractivity contribution in [2.24, 2.45) is 0 Å². The first kappa shape index (κ1) is 21.6. The summed E-state index contributed by atoms with van der Waals surface area (Å²) < 4.78 is 39.1. The highest BCUT2D eigenvalue weighted by atomic mass is 32.2. The fourth-order valence-corrected chi connectivity index (χ4v) is 5.34. The zero-order valence-electron chi connectivity index (χ0n) is 15.7. The molecule has 1 N–H and O–H groups in total. The normalized spacial score (nSPS) is 14.4. The Morgan fingerprint density at radius 2 is 2.17 bits per heavy atom. The van der Waals surface area contributed by atoms with E-state index in [1.54, 1.807) is 11.0 Å². The predicted molar refractivity (Wildman–Crippen MR) is 111 cm³/mol. The first-order valence-corrected chi connectivity index (χ1v) is 11.9. The molecule has 1 fully saturated rings. The molecule has 1 aliphatic rings. The van der Waals surface area contributed by atoms with E-state index in [4.69, 9.17) is 9.47 Å². The predicted octanol–water partition coefficient (Wildman–Crippen LogP) is 2.10. The van der Waals surface area contributed by atoms with Crippen LogP contribution in [-0.2, 0) is 14.8 Å². The second-order valence-electron chi connectivity index (χ2n) is 5.84. The molecule has 0 atom stereocenters. The summed E-state index contributed by atoms with van der Waals surface area (Å²) in [6, 6.07) is 4.16. The Kier molecular flexibility index (Phi) is 7.11. The molecule has 0 saturated carbocycles. The number of anilines is 1. The van der Waals surface area contributed by atoms with Crippen LogP contribution in [0.1, 0.15) is 10.4 Å². The molecule has 1 amide bonds. The quantitative estimate of drug-likeness (QED) is 0.475. The largest absolute Gasteiger partial charge is 0.496 e. The van der Waals surface area contributed by atoms with E-state index in [1.165, 1.54) is 37.1 Å². The molecule has 9 nitrogen and oxygen atoms in total. The van der Waals surface area contributed by atoms with Crippen LogP contribution in [-0.4, -0.2) is 68.6 Å². The second-order valence-corrected chi connectivity index (χ2v) is 9.77. The lowest BCUT2D eigenvalue weighted by Gasteiger charge is -2.27. The molecule has 2 heterocycles. The molecule has 0 spiro atoms. The number of thioether (sulfide) groups is 1. The maximum Gasteiger partial charge on any atom is 0.263 e. The van der Waals surface area contributed by atoms with Gasteiger partial charge < -0.3 is 14.4 Å². The van der Waals surface area contributed by atoms with Crippen molar-refractivity contribution in [1.29, 1.82) is 0 Å². The van der Waals surface area contributed by atoms with E-state index in [2.05, 4.69) is 21.5 Å². The number of aromatic nitrogens is 2. The monoisotopic (exact) mass is 456 g/mol. The number of hydrogen-bond donors (Lipinski definition) is 1. The summed E-state index contributed by atoms with van der Waals surface area (Å²) in [5, 5.41) is 7.93. The zero-order chi connectivity index (χ0) is 20.9. The minimum atomic E-state index is -3.95. The lowest BCUT2D eigenvalue weighted by atomic mass is 10.1. The third-order valence-electron chi connectivity index (χ3n) is 3.96. The van der Waals surface area contributed by atoms with Crippen LogP contribution >= 0.6 is 23.1 Å². The van der Waals surface area contributed by atoms with Crippen LogP contribution in [0, 0.1) is 0 Å². The summed E-state index contributed by atoms with van der Waals surface area (Å²) in [6.07, 6.45) is 1.72. The Morgan fingerprint density at radius 3 is 2.86 bits per heavy atom. The number of sulfonamides is 1. The van der Waals surface area contributed by atoms with Gasteiger partial charge in [-0.3, -0.25) is 9.52 Å². The van der Waals surface area contributed by atoms with Crippen molar-refractivity contribution in [2.75, 3.05) is 43.9 Å². The molecule has 0 radical (unpaired) electrons. The number of nitrogens with one attached hydrogen (secondary N) is 1. The van der Waals surface area contributed by atoms with Gasteiger partial charge in [0, 0.05) is 18.8 Å². The van der Waals surface area contributed by atoms with Crippen LogP contribution in [0.25, 0.3) is 0 Å². The molecule has 12 heteroatoms. The lowest BCUT2D eigenvalue weighted by Crippen LogP contribution is -2.40. The van der Waals surface area contributed by atoms with E-state index in [9.17, 15) is 13.2 Å². The summed E-state index contributed by atoms with van der Waals surface area (Å²) in [5.41, 5.74) is 0.178. The highest BCUT2D eigenvalue weighted by Crippen LogP contribution is 2.29. The summed E-state index contributed by atoms with van der Waals surface area (Å²) in [4.78, 5) is 14.4. The molecule has 156 valence electrons. The van der Waals surface area contributed by atoms with Crippen molar-refractivity contribution in [3.05, 3.63) is 36.4 Å². The number of hydrogen-bond acceptors (Lipinski definition) is 9. The van der Waals surface area contributed by atoms with Gasteiger partial charge in [-0.25, -0.2) is 8.42 Å². The van der Waals surface area contributed by atoms with Crippen LogP contribution in [0.5, 0.6) is 5.75 Å². The number of amides is 1. The molecule has 29 heavy (non-hydrogen) atoms. The van der Waals surface area contributed by atoms with Crippen molar-refractivity contribution in [1.82, 2.24) is 15.1 Å². The van der Waals surface area contributed by atoms with Gasteiger partial charge >= 0.3 is 0 Å². The van der Waals surface area contributed by atoms with Gasteiger partial charge in [-0.2, -0.15) is 0 Å². The zero-order valence-corrected chi connectivity index (χ0v) is 18.1. The van der Waals surface area contributed by atoms with Gasteiger partial charge in [0.2, 0.25) is 5.13 Å². The third-order valence-corrected chi connectivity index (χ3v) is 7.40. The maximum atomic E-state index is 12.9. The molecular formula is C17H20N4O5S3. The molecule has 0 bridgehead atoms. The Balaban J connectivity index is 1.84. The minimum absolute atomic E-state index is 0.0644. The highest BCUT2D eigenvalue weighted by Gasteiger charge is 2.25. The molecule has 1 aliphatic heterocycles. The molecule has 0 unspecified atom stereocenters. The maximum absolute atomic E-state index is 12.9.